The van der Waals surface area contributed by atoms with E-state index in [9.17, 15) is 9.59 Å². The monoisotopic (exact) mass is 440 g/mol. The molecular weight excluding hydrogens is 380 g/mol. The molecule has 30 heavy (non-hydrogen) atoms. The molecule has 0 saturated carbocycles. The van der Waals surface area contributed by atoms with Gasteiger partial charge in [0.1, 0.15) is 12.2 Å². The summed E-state index contributed by atoms with van der Waals surface area (Å²) in [6.07, 6.45) is -14.3. The Hall–Kier alpha value is -1.62. The molecule has 0 bridgehead atoms. The van der Waals surface area contributed by atoms with E-state index in [-0.39, 0.29) is 19.3 Å². The fraction of sp³-hybridized carbons (Fsp3) is 0.760. The maximum Gasteiger partial charge on any atom is 0.311 e. The lowest BCUT2D eigenvalue weighted by atomic mass is 9.65. The molecule has 0 aromatic carbocycles. The first-order valence-corrected chi connectivity index (χ1v) is 9.45. The molecule has 2 unspecified atom stereocenters. The predicted octanol–water partition coefficient (Wildman–Crippen LogP) is 4.59. The van der Waals surface area contributed by atoms with E-state index >= 15 is 0 Å². The SMILES string of the molecule is [2H]O[C@H]1CC(=O)OC(CC[C@@H]2[C@@H]3C(=C([2H])[C@]([2H])(C([2H])([2H])[2H])C([2H])([2H])C3OC(=O)C(C([2H])([2H])[2H])(C([2H])([2H])[2H])C([2H])([2H])C([2H])([2H])[2H])C([2H])=C([2H])[C@]2([2H])C)C1. The van der Waals surface area contributed by atoms with Crippen LogP contribution in [0.2, 0.25) is 0 Å². The first kappa shape index (κ1) is 7.75. The van der Waals surface area contributed by atoms with Gasteiger partial charge in [0.15, 0.2) is 0 Å². The van der Waals surface area contributed by atoms with Gasteiger partial charge in [0.05, 0.1) is 22.1 Å². The van der Waals surface area contributed by atoms with E-state index < -0.39 is 130 Å². The van der Waals surface area contributed by atoms with E-state index in [2.05, 4.69) is 5.11 Å². The quantitative estimate of drug-likeness (QED) is 0.586. The maximum absolute atomic E-state index is 14.3. The third-order valence-corrected chi connectivity index (χ3v) is 5.34. The maximum atomic E-state index is 14.3. The highest BCUT2D eigenvalue weighted by Crippen LogP contribution is 2.45. The number of hydrogen-bond acceptors (Lipinski definition) is 5. The van der Waals surface area contributed by atoms with Crippen LogP contribution in [0, 0.1) is 29.0 Å². The van der Waals surface area contributed by atoms with E-state index in [1.54, 1.807) is 0 Å². The molecule has 2 aliphatic carbocycles. The molecule has 1 saturated heterocycles. The van der Waals surface area contributed by atoms with Crippen LogP contribution >= 0.6 is 0 Å². The molecular formula is C25H38O5. The molecule has 7 atom stereocenters. The summed E-state index contributed by atoms with van der Waals surface area (Å²) in [6.45, 7) is -15.8. The van der Waals surface area contributed by atoms with Gasteiger partial charge in [-0.15, -0.1) is 0 Å². The van der Waals surface area contributed by atoms with Crippen molar-refractivity contribution >= 4 is 11.9 Å². The van der Waals surface area contributed by atoms with Gasteiger partial charge >= 0.3 is 11.9 Å². The van der Waals surface area contributed by atoms with Crippen molar-refractivity contribution < 1.29 is 53.0 Å². The molecule has 3 aliphatic rings. The highest BCUT2D eigenvalue weighted by Gasteiger charge is 2.43. The number of hydrogen-bond donors (Lipinski definition) is 1. The van der Waals surface area contributed by atoms with Crippen molar-refractivity contribution in [2.24, 2.45) is 29.0 Å². The molecule has 5 heteroatoms. The number of esters is 2. The van der Waals surface area contributed by atoms with Crippen LogP contribution in [-0.2, 0) is 19.1 Å². The Kier molecular flexibility index (Phi) is 2.39. The van der Waals surface area contributed by atoms with Gasteiger partial charge in [0.2, 0.25) is 1.43 Å². The zero-order chi connectivity index (χ0) is 40.8. The van der Waals surface area contributed by atoms with Gasteiger partial charge in [-0.1, -0.05) is 38.8 Å². The smallest absolute Gasteiger partial charge is 0.311 e. The summed E-state index contributed by atoms with van der Waals surface area (Å²) >= 11 is 0. The first-order valence-electron chi connectivity index (χ1n) is 20.4. The number of aliphatic hydroxyl groups is 1. The van der Waals surface area contributed by atoms with Crippen molar-refractivity contribution in [3.63, 3.8) is 0 Å². The van der Waals surface area contributed by atoms with Crippen LogP contribution in [0.4, 0.5) is 0 Å². The van der Waals surface area contributed by atoms with Crippen LogP contribution in [0.5, 0.6) is 0 Å². The van der Waals surface area contributed by atoms with Crippen molar-refractivity contribution in [1.29, 1.82) is 1.43 Å². The van der Waals surface area contributed by atoms with E-state index in [1.165, 1.54) is 0 Å². The largest absolute Gasteiger partial charge is 0.462 e. The second-order valence-corrected chi connectivity index (χ2v) is 7.58. The highest BCUT2D eigenvalue weighted by atomic mass is 16.6. The van der Waals surface area contributed by atoms with Gasteiger partial charge in [0, 0.05) is 37.0 Å². The highest BCUT2D eigenvalue weighted by molar-refractivity contribution is 5.76. The van der Waals surface area contributed by atoms with Gasteiger partial charge < -0.3 is 14.6 Å². The van der Waals surface area contributed by atoms with Gasteiger partial charge in [0.25, 0.3) is 0 Å². The van der Waals surface area contributed by atoms with Gasteiger partial charge in [-0.2, -0.15) is 0 Å². The summed E-state index contributed by atoms with van der Waals surface area (Å²) < 4.78 is 192. The Morgan fingerprint density at radius 3 is 3.17 bits per heavy atom. The molecule has 1 N–H and O–H groups in total. The zero-order valence-corrected chi connectivity index (χ0v) is 16.3. The first-order chi connectivity index (χ1) is 23.0. The number of ether oxygens (including phenoxy) is 2. The molecule has 0 aromatic heterocycles. The second-order valence-electron chi connectivity index (χ2n) is 7.58. The molecule has 0 radical (unpaired) electrons. The van der Waals surface area contributed by atoms with E-state index in [1.807, 2.05) is 0 Å². The Morgan fingerprint density at radius 2 is 2.43 bits per heavy atom. The summed E-state index contributed by atoms with van der Waals surface area (Å²) in [5.41, 5.74) is -5.54. The van der Waals surface area contributed by atoms with Gasteiger partial charge in [-0.3, -0.25) is 9.59 Å². The number of allylic oxidation sites excluding steroid dienone is 3. The van der Waals surface area contributed by atoms with Gasteiger partial charge in [-0.25, -0.2) is 0 Å². The molecule has 0 aromatic rings. The van der Waals surface area contributed by atoms with Crippen molar-refractivity contribution in [2.75, 3.05) is 0 Å². The van der Waals surface area contributed by atoms with Crippen molar-refractivity contribution in [1.82, 2.24) is 0 Å². The van der Waals surface area contributed by atoms with Crippen LogP contribution < -0.4 is 0 Å². The number of rotatable bonds is 7. The minimum Gasteiger partial charge on any atom is -0.462 e. The Balaban J connectivity index is 2.43. The van der Waals surface area contributed by atoms with Crippen LogP contribution in [0.15, 0.2) is 23.7 Å². The van der Waals surface area contributed by atoms with Gasteiger partial charge in [-0.05, 0) is 62.6 Å². The van der Waals surface area contributed by atoms with E-state index in [0.29, 0.717) is 0 Å². The molecule has 1 aliphatic heterocycles. The molecule has 5 nitrogen and oxygen atoms in total. The standard InChI is InChI=1S/C25H38O5/c1-6-25(4,5)24(28)30-21-12-15(2)11-17-8-7-16(3)20(23(17)21)10-9-19-13-18(26)14-22(27)29-19/h7-8,11,15-16,18-21,23,26H,6,9-10,12-14H2,1-5H3/t15-,16-,18+,19?,20-,21?,23-/m0/s1/i1D3,2D3,4D3,5D3,6D2,7D,8D,11D,12D2,15D,16D,26D. The molecule has 3 rings (SSSR count). The Labute approximate surface area is 211 Å². The summed E-state index contributed by atoms with van der Waals surface area (Å²) in [5.74, 6) is -13.4. The third kappa shape index (κ3) is 5.16. The number of aliphatic hydroxyl groups excluding tert-OH is 1. The fourth-order valence-corrected chi connectivity index (χ4v) is 3.83. The average molecular weight is 441 g/mol. The number of cyclic esters (lactones) is 1. The number of fused-ring (bicyclic) bond motifs is 1. The van der Waals surface area contributed by atoms with Crippen LogP contribution in [0.1, 0.15) is 102 Å². The summed E-state index contributed by atoms with van der Waals surface area (Å²) in [7, 11) is 0. The number of carbonyl (C=O) groups is 2. The molecule has 0 amide bonds. The predicted molar refractivity (Wildman–Crippen MR) is 115 cm³/mol. The minimum atomic E-state index is -4.64. The molecule has 168 valence electrons. The van der Waals surface area contributed by atoms with Crippen molar-refractivity contribution in [2.45, 2.75) is 91.1 Å². The Bertz CT molecular complexity index is 1470. The van der Waals surface area contributed by atoms with E-state index in [0.717, 1.165) is 6.92 Å². The topological polar surface area (TPSA) is 72.8 Å². The summed E-state index contributed by atoms with van der Waals surface area (Å²) in [6, 6.07) is -3.35. The number of carbonyl (C=O) groups excluding carboxylic acids is 2. The summed E-state index contributed by atoms with van der Waals surface area (Å²) in [5, 5.41) is 4.51. The Morgan fingerprint density at radius 1 is 1.57 bits per heavy atom. The average Bonchev–Trinajstić information content (AvgIpc) is 2.93. The minimum absolute atomic E-state index is 0.0565. The molecule has 1 fully saturated rings. The lowest BCUT2D eigenvalue weighted by Crippen LogP contribution is -2.43. The lowest BCUT2D eigenvalue weighted by molar-refractivity contribution is -0.166. The third-order valence-electron chi connectivity index (χ3n) is 5.34. The molecule has 1 heterocycles. The normalized spacial score (nSPS) is 57.0. The fourth-order valence-electron chi connectivity index (χ4n) is 3.83. The van der Waals surface area contributed by atoms with Crippen molar-refractivity contribution in [3.8, 4) is 0 Å². The van der Waals surface area contributed by atoms with Crippen molar-refractivity contribution in [3.05, 3.63) is 23.7 Å². The molecule has 0 spiro atoms. The van der Waals surface area contributed by atoms with E-state index in [4.69, 9.17) is 39.7 Å². The van der Waals surface area contributed by atoms with Crippen LogP contribution in [-0.4, -0.2) is 36.8 Å². The second kappa shape index (κ2) is 9.25. The van der Waals surface area contributed by atoms with Crippen LogP contribution in [0.3, 0.4) is 0 Å². The summed E-state index contributed by atoms with van der Waals surface area (Å²) in [4.78, 5) is 26.4. The lowest BCUT2D eigenvalue weighted by Gasteiger charge is -2.44. The zero-order valence-electron chi connectivity index (χ0n) is 38.3. The van der Waals surface area contributed by atoms with Crippen LogP contribution in [0.25, 0.3) is 0 Å².